The maximum absolute atomic E-state index is 13.0. The molecule has 0 saturated heterocycles. The highest BCUT2D eigenvalue weighted by molar-refractivity contribution is 7.47. The van der Waals surface area contributed by atoms with Gasteiger partial charge in [0.1, 0.15) is 19.3 Å². The van der Waals surface area contributed by atoms with Gasteiger partial charge in [0.2, 0.25) is 0 Å². The van der Waals surface area contributed by atoms with E-state index >= 15 is 0 Å². The summed E-state index contributed by atoms with van der Waals surface area (Å²) in [5.74, 6) is 0.876. The number of carbonyl (C=O) groups is 4. The van der Waals surface area contributed by atoms with Gasteiger partial charge in [-0.1, -0.05) is 280 Å². The Morgan fingerprint density at radius 2 is 0.552 bits per heavy atom. The number of hydrogen-bond acceptors (Lipinski definition) is 15. The molecular formula is C68H132O17P2. The number of esters is 4. The molecule has 0 bridgehead atoms. The second-order valence-electron chi connectivity index (χ2n) is 25.8. The lowest BCUT2D eigenvalue weighted by Crippen LogP contribution is -2.30. The van der Waals surface area contributed by atoms with Crippen molar-refractivity contribution in [2.45, 2.75) is 350 Å². The maximum atomic E-state index is 13.0. The number of hydrogen-bond donors (Lipinski definition) is 3. The highest BCUT2D eigenvalue weighted by atomic mass is 31.2. The molecule has 0 spiro atoms. The minimum Gasteiger partial charge on any atom is -0.462 e. The molecule has 0 heterocycles. The largest absolute Gasteiger partial charge is 0.472 e. The fraction of sp³-hybridized carbons (Fsp3) is 0.941. The quantitative estimate of drug-likeness (QED) is 0.0222. The van der Waals surface area contributed by atoms with Gasteiger partial charge in [0, 0.05) is 25.7 Å². The molecule has 516 valence electrons. The van der Waals surface area contributed by atoms with Crippen LogP contribution in [0.3, 0.4) is 0 Å². The fourth-order valence-electron chi connectivity index (χ4n) is 10.0. The zero-order chi connectivity index (χ0) is 64.7. The first kappa shape index (κ1) is 85.1. The monoisotopic (exact) mass is 1280 g/mol. The van der Waals surface area contributed by atoms with Gasteiger partial charge >= 0.3 is 39.5 Å². The van der Waals surface area contributed by atoms with Crippen molar-refractivity contribution in [3.05, 3.63) is 0 Å². The Kier molecular flexibility index (Phi) is 56.6. The van der Waals surface area contributed by atoms with E-state index in [9.17, 15) is 43.2 Å². The number of aliphatic hydroxyl groups excluding tert-OH is 1. The molecule has 0 saturated carbocycles. The minimum atomic E-state index is -4.95. The molecule has 0 aliphatic heterocycles. The van der Waals surface area contributed by atoms with Crippen molar-refractivity contribution >= 4 is 39.5 Å². The van der Waals surface area contributed by atoms with Crippen LogP contribution in [0, 0.1) is 23.7 Å². The number of phosphoric acid groups is 2. The van der Waals surface area contributed by atoms with Gasteiger partial charge in [0.25, 0.3) is 0 Å². The molecule has 8 atom stereocenters. The van der Waals surface area contributed by atoms with Crippen LogP contribution in [0.1, 0.15) is 331 Å². The summed E-state index contributed by atoms with van der Waals surface area (Å²) in [4.78, 5) is 72.4. The normalized spacial score (nSPS) is 15.3. The Labute approximate surface area is 530 Å². The lowest BCUT2D eigenvalue weighted by molar-refractivity contribution is -0.161. The smallest absolute Gasteiger partial charge is 0.462 e. The molecule has 0 aliphatic rings. The van der Waals surface area contributed by atoms with Crippen LogP contribution in [0.15, 0.2) is 0 Å². The van der Waals surface area contributed by atoms with Gasteiger partial charge < -0.3 is 33.8 Å². The molecule has 5 unspecified atom stereocenters. The van der Waals surface area contributed by atoms with Crippen molar-refractivity contribution in [1.82, 2.24) is 0 Å². The molecule has 0 fully saturated rings. The number of unbranched alkanes of at least 4 members (excludes halogenated alkanes) is 28. The van der Waals surface area contributed by atoms with Gasteiger partial charge in [-0.05, 0) is 49.4 Å². The van der Waals surface area contributed by atoms with E-state index in [0.717, 1.165) is 114 Å². The summed E-state index contributed by atoms with van der Waals surface area (Å²) in [6.45, 7) is 14.1. The molecule has 0 aliphatic carbocycles. The van der Waals surface area contributed by atoms with Crippen molar-refractivity contribution in [1.29, 1.82) is 0 Å². The van der Waals surface area contributed by atoms with Crippen LogP contribution >= 0.6 is 15.6 Å². The predicted octanol–water partition coefficient (Wildman–Crippen LogP) is 18.9. The summed E-state index contributed by atoms with van der Waals surface area (Å²) < 4.78 is 68.2. The zero-order valence-corrected chi connectivity index (χ0v) is 58.4. The molecule has 0 aromatic heterocycles. The third-order valence-electron chi connectivity index (χ3n) is 16.7. The van der Waals surface area contributed by atoms with Gasteiger partial charge in [-0.25, -0.2) is 9.13 Å². The molecule has 3 N–H and O–H groups in total. The van der Waals surface area contributed by atoms with E-state index in [1.807, 2.05) is 0 Å². The fourth-order valence-corrected chi connectivity index (χ4v) is 11.6. The van der Waals surface area contributed by atoms with Crippen LogP contribution < -0.4 is 0 Å². The van der Waals surface area contributed by atoms with Crippen molar-refractivity contribution in [3.63, 3.8) is 0 Å². The average Bonchev–Trinajstić information content (AvgIpc) is 3.64. The molecular weight excluding hydrogens is 1150 g/mol. The number of ether oxygens (including phenoxy) is 4. The van der Waals surface area contributed by atoms with E-state index in [-0.39, 0.29) is 25.7 Å². The highest BCUT2D eigenvalue weighted by Crippen LogP contribution is 2.45. The third kappa shape index (κ3) is 58.9. The van der Waals surface area contributed by atoms with Crippen molar-refractivity contribution in [2.24, 2.45) is 23.7 Å². The summed E-state index contributed by atoms with van der Waals surface area (Å²) >= 11 is 0. The standard InChI is InChI=1S/C68H132O17P2/c1-9-59(6)45-37-29-20-16-12-14-18-22-32-40-48-65(70)78-54-64(85-68(73)51-43-35-27-25-31-39-47-61(8)11-3)57-83-87(76,77)81-53-62(69)52-80-86(74,75)82-56-63(55-79-66(71)49-41-33-26-24-28-36-44-58(4)5)84-67(72)50-42-34-23-19-15-13-17-21-30-38-46-60(7)10-2/h58-64,69H,9-57H2,1-8H3,(H,74,75)(H,76,77)/t59?,60?,61?,62-,63+,64+/m0/s1. The van der Waals surface area contributed by atoms with Crippen molar-refractivity contribution < 1.29 is 80.2 Å². The maximum Gasteiger partial charge on any atom is 0.472 e. The Morgan fingerprint density at radius 1 is 0.322 bits per heavy atom. The number of phosphoric ester groups is 2. The van der Waals surface area contributed by atoms with Crippen LogP contribution in [-0.4, -0.2) is 96.7 Å². The summed E-state index contributed by atoms with van der Waals surface area (Å²) in [7, 11) is -9.90. The molecule has 17 nitrogen and oxygen atoms in total. The molecule has 0 radical (unpaired) electrons. The summed E-state index contributed by atoms with van der Waals surface area (Å²) in [6.07, 6.45) is 39.0. The van der Waals surface area contributed by atoms with Crippen LogP contribution in [0.5, 0.6) is 0 Å². The van der Waals surface area contributed by atoms with E-state index in [0.29, 0.717) is 31.6 Å². The van der Waals surface area contributed by atoms with Gasteiger partial charge in [0.15, 0.2) is 12.2 Å². The lowest BCUT2D eigenvalue weighted by atomic mass is 9.99. The molecule has 0 aromatic carbocycles. The Bertz CT molecular complexity index is 1740. The van der Waals surface area contributed by atoms with Crippen LogP contribution in [0.25, 0.3) is 0 Å². The summed E-state index contributed by atoms with van der Waals surface area (Å²) in [5, 5.41) is 10.6. The topological polar surface area (TPSA) is 237 Å². The first-order valence-electron chi connectivity index (χ1n) is 35.3. The van der Waals surface area contributed by atoms with Crippen LogP contribution in [0.4, 0.5) is 0 Å². The SMILES string of the molecule is CCC(C)CCCCCCCCCCCCC(=O)OC[C@H](COP(=O)(O)OC[C@@H](O)COP(=O)(O)OC[C@@H](COC(=O)CCCCCCCCC(C)C)OC(=O)CCCCCCCCCCCCC(C)CC)OC(=O)CCCCCCCCC(C)CC. The van der Waals surface area contributed by atoms with E-state index in [2.05, 4.69) is 55.4 Å². The molecule has 0 aromatic rings. The predicted molar refractivity (Wildman–Crippen MR) is 349 cm³/mol. The van der Waals surface area contributed by atoms with Gasteiger partial charge in [-0.3, -0.25) is 37.3 Å². The molecule has 87 heavy (non-hydrogen) atoms. The van der Waals surface area contributed by atoms with E-state index in [1.54, 1.807) is 0 Å². The van der Waals surface area contributed by atoms with E-state index in [1.165, 1.54) is 128 Å². The number of aliphatic hydroxyl groups is 1. The second-order valence-corrected chi connectivity index (χ2v) is 28.7. The van der Waals surface area contributed by atoms with Gasteiger partial charge in [-0.15, -0.1) is 0 Å². The van der Waals surface area contributed by atoms with Crippen molar-refractivity contribution in [2.75, 3.05) is 39.6 Å². The average molecular weight is 1280 g/mol. The lowest BCUT2D eigenvalue weighted by Gasteiger charge is -2.21. The summed E-state index contributed by atoms with van der Waals surface area (Å²) in [6, 6.07) is 0. The first-order valence-corrected chi connectivity index (χ1v) is 38.3. The highest BCUT2D eigenvalue weighted by Gasteiger charge is 2.30. The minimum absolute atomic E-state index is 0.102. The number of rotatable bonds is 65. The van der Waals surface area contributed by atoms with Crippen LogP contribution in [-0.2, 0) is 65.4 Å². The van der Waals surface area contributed by atoms with Crippen LogP contribution in [0.2, 0.25) is 0 Å². The Hall–Kier alpha value is -1.94. The van der Waals surface area contributed by atoms with Gasteiger partial charge in [-0.2, -0.15) is 0 Å². The summed E-state index contributed by atoms with van der Waals surface area (Å²) in [5.41, 5.74) is 0. The molecule has 0 rings (SSSR count). The van der Waals surface area contributed by atoms with Gasteiger partial charge in [0.05, 0.1) is 26.4 Å². The number of carbonyl (C=O) groups excluding carboxylic acids is 4. The molecule has 19 heteroatoms. The Morgan fingerprint density at radius 3 is 0.816 bits per heavy atom. The Balaban J connectivity index is 5.24. The first-order chi connectivity index (χ1) is 41.7. The third-order valence-corrected chi connectivity index (χ3v) is 18.6. The zero-order valence-electron chi connectivity index (χ0n) is 56.6. The van der Waals surface area contributed by atoms with E-state index < -0.39 is 97.5 Å². The van der Waals surface area contributed by atoms with Crippen molar-refractivity contribution in [3.8, 4) is 0 Å². The second kappa shape index (κ2) is 57.9. The van der Waals surface area contributed by atoms with E-state index in [4.69, 9.17) is 37.0 Å². The molecule has 0 amide bonds.